The average molecular weight is 282 g/mol. The van der Waals surface area contributed by atoms with Crippen LogP contribution in [0.1, 0.15) is 25.8 Å². The lowest BCUT2D eigenvalue weighted by Crippen LogP contribution is -2.38. The molecule has 1 aromatic heterocycles. The summed E-state index contributed by atoms with van der Waals surface area (Å²) in [6.07, 6.45) is 0.383. The molecule has 0 bridgehead atoms. The van der Waals surface area contributed by atoms with Crippen LogP contribution in [0.5, 0.6) is 0 Å². The molecule has 106 valence electrons. The Morgan fingerprint density at radius 3 is 2.67 bits per heavy atom. The molecule has 0 saturated heterocycles. The molecule has 21 heavy (non-hydrogen) atoms. The third kappa shape index (κ3) is 1.62. The van der Waals surface area contributed by atoms with Crippen LogP contribution in [0.4, 0.5) is 5.69 Å². The van der Waals surface area contributed by atoms with Crippen molar-refractivity contribution >= 4 is 22.6 Å². The zero-order chi connectivity index (χ0) is 15.2. The Kier molecular flexibility index (Phi) is 2.84. The third-order valence-electron chi connectivity index (χ3n) is 4.14. The highest BCUT2D eigenvalue weighted by Crippen LogP contribution is 2.45. The highest BCUT2D eigenvalue weighted by molar-refractivity contribution is 6.11. The van der Waals surface area contributed by atoms with Crippen LogP contribution in [0, 0.1) is 11.3 Å². The minimum atomic E-state index is -1.19. The van der Waals surface area contributed by atoms with Crippen LogP contribution in [-0.4, -0.2) is 12.5 Å². The monoisotopic (exact) mass is 282 g/mol. The number of nitrogens with zero attached hydrogens (tertiary/aromatic N) is 2. The van der Waals surface area contributed by atoms with Crippen molar-refractivity contribution in [3.05, 3.63) is 40.2 Å². The summed E-state index contributed by atoms with van der Waals surface area (Å²) >= 11 is 0. The first kappa shape index (κ1) is 13.4. The van der Waals surface area contributed by atoms with Crippen LogP contribution < -0.4 is 10.5 Å². The van der Waals surface area contributed by atoms with E-state index in [1.54, 1.807) is 17.0 Å². The fourth-order valence-corrected chi connectivity index (χ4v) is 2.97. The van der Waals surface area contributed by atoms with Gasteiger partial charge in [0.15, 0.2) is 5.41 Å². The molecule has 5 nitrogen and oxygen atoms in total. The van der Waals surface area contributed by atoms with Gasteiger partial charge in [0.25, 0.3) is 5.91 Å². The first-order chi connectivity index (χ1) is 10.1. The van der Waals surface area contributed by atoms with Gasteiger partial charge < -0.3 is 9.32 Å². The van der Waals surface area contributed by atoms with Gasteiger partial charge in [0.2, 0.25) is 0 Å². The van der Waals surface area contributed by atoms with Gasteiger partial charge in [-0.15, -0.1) is 0 Å². The van der Waals surface area contributed by atoms with Gasteiger partial charge in [-0.2, -0.15) is 5.26 Å². The highest BCUT2D eigenvalue weighted by Gasteiger charge is 2.50. The molecular formula is C16H14N2O3. The summed E-state index contributed by atoms with van der Waals surface area (Å²) in [5.74, 6) is -0.206. The second kappa shape index (κ2) is 4.45. The van der Waals surface area contributed by atoms with E-state index in [9.17, 15) is 14.9 Å². The third-order valence-corrected chi connectivity index (χ3v) is 4.14. The molecule has 0 radical (unpaired) electrons. The van der Waals surface area contributed by atoms with Crippen molar-refractivity contribution < 1.29 is 9.21 Å². The molecule has 1 atom stereocenters. The summed E-state index contributed by atoms with van der Waals surface area (Å²) in [4.78, 5) is 25.6. The van der Waals surface area contributed by atoms with Gasteiger partial charge in [-0.3, -0.25) is 4.79 Å². The normalized spacial score (nSPS) is 20.6. The standard InChI is InChI=1S/C16H14N2O3/c1-3-16(9-17)11-8-13-10(5-6-14(19)21-13)7-12(11)18(4-2)15(16)20/h5-8H,3-4H2,1-2H3. The number of carbonyl (C=O) groups excluding carboxylic acids is 1. The summed E-state index contributed by atoms with van der Waals surface area (Å²) in [6, 6.07) is 8.65. The molecule has 0 fully saturated rings. The van der Waals surface area contributed by atoms with E-state index in [-0.39, 0.29) is 5.91 Å². The van der Waals surface area contributed by atoms with Gasteiger partial charge in [0, 0.05) is 29.2 Å². The van der Waals surface area contributed by atoms with E-state index in [2.05, 4.69) is 6.07 Å². The minimum Gasteiger partial charge on any atom is -0.423 e. The summed E-state index contributed by atoms with van der Waals surface area (Å²) in [6.45, 7) is 4.19. The van der Waals surface area contributed by atoms with Crippen LogP contribution in [0.25, 0.3) is 11.0 Å². The number of amides is 1. The Hall–Kier alpha value is -2.61. The van der Waals surface area contributed by atoms with Gasteiger partial charge in [-0.25, -0.2) is 4.79 Å². The fraction of sp³-hybridized carbons (Fsp3) is 0.312. The Morgan fingerprint density at radius 1 is 1.29 bits per heavy atom. The van der Waals surface area contributed by atoms with Crippen LogP contribution in [0.2, 0.25) is 0 Å². The number of hydrogen-bond acceptors (Lipinski definition) is 4. The SMILES string of the molecule is CCN1C(=O)C(C#N)(CC)c2cc3oc(=O)ccc3cc21. The predicted molar refractivity (Wildman–Crippen MR) is 78.1 cm³/mol. The molecule has 3 rings (SSSR count). The second-order valence-corrected chi connectivity index (χ2v) is 5.08. The van der Waals surface area contributed by atoms with E-state index in [0.29, 0.717) is 24.1 Å². The Bertz CT molecular complexity index is 847. The molecule has 1 aliphatic rings. The predicted octanol–water partition coefficient (Wildman–Crippen LogP) is 2.33. The number of hydrogen-bond donors (Lipinski definition) is 0. The topological polar surface area (TPSA) is 74.3 Å². The molecule has 1 amide bonds. The van der Waals surface area contributed by atoms with Gasteiger partial charge in [-0.05, 0) is 31.5 Å². The van der Waals surface area contributed by atoms with E-state index in [1.165, 1.54) is 6.07 Å². The quantitative estimate of drug-likeness (QED) is 0.792. The molecule has 2 heterocycles. The van der Waals surface area contributed by atoms with Crippen molar-refractivity contribution in [2.45, 2.75) is 25.7 Å². The number of nitriles is 1. The van der Waals surface area contributed by atoms with Crippen LogP contribution in [0.15, 0.2) is 33.5 Å². The van der Waals surface area contributed by atoms with Crippen molar-refractivity contribution in [3.8, 4) is 6.07 Å². The van der Waals surface area contributed by atoms with E-state index in [4.69, 9.17) is 4.42 Å². The lowest BCUT2D eigenvalue weighted by atomic mass is 9.80. The van der Waals surface area contributed by atoms with Gasteiger partial charge >= 0.3 is 5.63 Å². The van der Waals surface area contributed by atoms with Gasteiger partial charge in [0.1, 0.15) is 5.58 Å². The number of fused-ring (bicyclic) bond motifs is 2. The van der Waals surface area contributed by atoms with E-state index < -0.39 is 11.0 Å². The Morgan fingerprint density at radius 2 is 2.05 bits per heavy atom. The van der Waals surface area contributed by atoms with Crippen LogP contribution in [-0.2, 0) is 10.2 Å². The van der Waals surface area contributed by atoms with Crippen molar-refractivity contribution in [1.29, 1.82) is 5.26 Å². The summed E-state index contributed by atoms with van der Waals surface area (Å²) < 4.78 is 5.18. The number of carbonyl (C=O) groups is 1. The zero-order valence-corrected chi connectivity index (χ0v) is 11.8. The fourth-order valence-electron chi connectivity index (χ4n) is 2.97. The van der Waals surface area contributed by atoms with Crippen molar-refractivity contribution in [2.24, 2.45) is 0 Å². The van der Waals surface area contributed by atoms with Crippen molar-refractivity contribution in [2.75, 3.05) is 11.4 Å². The van der Waals surface area contributed by atoms with E-state index in [0.717, 1.165) is 11.1 Å². The molecule has 0 aliphatic carbocycles. The average Bonchev–Trinajstić information content (AvgIpc) is 2.72. The maximum absolute atomic E-state index is 12.6. The lowest BCUT2D eigenvalue weighted by molar-refractivity contribution is -0.121. The Labute approximate surface area is 121 Å². The maximum Gasteiger partial charge on any atom is 0.336 e. The molecule has 0 saturated carbocycles. The largest absolute Gasteiger partial charge is 0.423 e. The first-order valence-corrected chi connectivity index (χ1v) is 6.89. The zero-order valence-electron chi connectivity index (χ0n) is 11.8. The number of likely N-dealkylation sites (N-methyl/N-ethyl adjacent to an activating group) is 1. The molecule has 1 aliphatic heterocycles. The second-order valence-electron chi connectivity index (χ2n) is 5.08. The number of benzene rings is 1. The molecule has 5 heteroatoms. The van der Waals surface area contributed by atoms with Crippen molar-refractivity contribution in [3.63, 3.8) is 0 Å². The minimum absolute atomic E-state index is 0.206. The molecule has 0 spiro atoms. The van der Waals surface area contributed by atoms with E-state index >= 15 is 0 Å². The molecule has 0 N–H and O–H groups in total. The molecular weight excluding hydrogens is 268 g/mol. The summed E-state index contributed by atoms with van der Waals surface area (Å²) in [5.41, 5.74) is 0.125. The highest BCUT2D eigenvalue weighted by atomic mass is 16.4. The number of rotatable bonds is 2. The van der Waals surface area contributed by atoms with Crippen molar-refractivity contribution in [1.82, 2.24) is 0 Å². The van der Waals surface area contributed by atoms with Gasteiger partial charge in [0.05, 0.1) is 6.07 Å². The summed E-state index contributed by atoms with van der Waals surface area (Å²) in [5, 5.41) is 10.3. The number of anilines is 1. The smallest absolute Gasteiger partial charge is 0.336 e. The summed E-state index contributed by atoms with van der Waals surface area (Å²) in [7, 11) is 0. The molecule has 2 aromatic rings. The first-order valence-electron chi connectivity index (χ1n) is 6.89. The van der Waals surface area contributed by atoms with E-state index in [1.807, 2.05) is 19.9 Å². The molecule has 1 unspecified atom stereocenters. The lowest BCUT2D eigenvalue weighted by Gasteiger charge is -2.19. The van der Waals surface area contributed by atoms with Crippen LogP contribution >= 0.6 is 0 Å². The Balaban J connectivity index is 2.40. The molecule has 1 aromatic carbocycles. The van der Waals surface area contributed by atoms with Gasteiger partial charge in [-0.1, -0.05) is 6.92 Å². The maximum atomic E-state index is 12.6. The van der Waals surface area contributed by atoms with Crippen LogP contribution in [0.3, 0.4) is 0 Å².